The van der Waals surface area contributed by atoms with Crippen LogP contribution < -0.4 is 11.1 Å². The summed E-state index contributed by atoms with van der Waals surface area (Å²) in [4.78, 5) is 7.65. The van der Waals surface area contributed by atoms with E-state index < -0.39 is 17.4 Å². The maximum Gasteiger partial charge on any atom is 0.200 e. The van der Waals surface area contributed by atoms with Crippen LogP contribution in [0.15, 0.2) is 18.5 Å². The zero-order valence-electron chi connectivity index (χ0n) is 10.4. The topological polar surface area (TPSA) is 108 Å². The second-order valence-corrected chi connectivity index (χ2v) is 3.90. The molecule has 8 heteroatoms. The first kappa shape index (κ1) is 13.7. The highest BCUT2D eigenvalue weighted by atomic mass is 19.2. The van der Waals surface area contributed by atoms with Gasteiger partial charge in [-0.25, -0.2) is 14.4 Å². The minimum atomic E-state index is -1.37. The molecule has 0 aliphatic heterocycles. The molecule has 0 saturated carbocycles. The van der Waals surface area contributed by atoms with Gasteiger partial charge < -0.3 is 16.2 Å². The Morgan fingerprint density at radius 3 is 2.65 bits per heavy atom. The van der Waals surface area contributed by atoms with Crippen LogP contribution in [0.3, 0.4) is 0 Å². The van der Waals surface area contributed by atoms with E-state index in [1.165, 1.54) is 6.33 Å². The Hall–Kier alpha value is -2.77. The number of aromatic hydroxyl groups is 1. The number of anilines is 2. The van der Waals surface area contributed by atoms with Gasteiger partial charge in [-0.2, -0.15) is 4.39 Å². The van der Waals surface area contributed by atoms with Gasteiger partial charge in [0.1, 0.15) is 18.0 Å². The molecule has 2 aromatic rings. The van der Waals surface area contributed by atoms with Gasteiger partial charge in [-0.15, -0.1) is 0 Å². The molecule has 0 unspecified atom stereocenters. The van der Waals surface area contributed by atoms with Crippen LogP contribution in [0.2, 0.25) is 0 Å². The molecular weight excluding hydrogens is 268 g/mol. The molecule has 0 amide bonds. The average Bonchev–Trinajstić information content (AvgIpc) is 2.43. The number of rotatable bonds is 3. The molecule has 1 aromatic carbocycles. The van der Waals surface area contributed by atoms with Crippen molar-refractivity contribution in [1.82, 2.24) is 9.97 Å². The van der Waals surface area contributed by atoms with Crippen molar-refractivity contribution in [2.75, 3.05) is 18.1 Å². The predicted molar refractivity (Wildman–Crippen MR) is 69.9 cm³/mol. The minimum absolute atomic E-state index is 0.0126. The van der Waals surface area contributed by atoms with Crippen molar-refractivity contribution < 1.29 is 13.9 Å². The fourth-order valence-corrected chi connectivity index (χ4v) is 1.70. The standard InChI is InChI=1S/C12H11F2N5O/c1-17-12-8(11(16)18-4-19-12)10(15)5-2-6(13)9(14)7(20)3-5/h2-4,15,20H,1H3,(H3,16,17,18,19). The summed E-state index contributed by atoms with van der Waals surface area (Å²) < 4.78 is 26.3. The van der Waals surface area contributed by atoms with E-state index in [1.54, 1.807) is 7.05 Å². The fraction of sp³-hybridized carbons (Fsp3) is 0.0833. The number of phenolic OH excluding ortho intramolecular Hbond substituents is 1. The lowest BCUT2D eigenvalue weighted by Gasteiger charge is -2.12. The maximum atomic E-state index is 13.3. The summed E-state index contributed by atoms with van der Waals surface area (Å²) in [6, 6.07) is 1.73. The lowest BCUT2D eigenvalue weighted by atomic mass is 10.0. The largest absolute Gasteiger partial charge is 0.505 e. The van der Waals surface area contributed by atoms with Crippen molar-refractivity contribution in [3.8, 4) is 5.75 Å². The molecular formula is C12H11F2N5O. The summed E-state index contributed by atoms with van der Waals surface area (Å²) >= 11 is 0. The van der Waals surface area contributed by atoms with Gasteiger partial charge in [-0.05, 0) is 12.1 Å². The molecule has 0 radical (unpaired) electrons. The predicted octanol–water partition coefficient (Wildman–Crippen LogP) is 1.50. The minimum Gasteiger partial charge on any atom is -0.505 e. The molecule has 20 heavy (non-hydrogen) atoms. The first-order chi connectivity index (χ1) is 9.45. The van der Waals surface area contributed by atoms with Crippen LogP contribution in [0.25, 0.3) is 0 Å². The molecule has 1 aromatic heterocycles. The average molecular weight is 279 g/mol. The van der Waals surface area contributed by atoms with Crippen molar-refractivity contribution in [3.05, 3.63) is 41.2 Å². The summed E-state index contributed by atoms with van der Waals surface area (Å²) in [6.07, 6.45) is 1.21. The summed E-state index contributed by atoms with van der Waals surface area (Å²) in [7, 11) is 1.57. The van der Waals surface area contributed by atoms with Gasteiger partial charge in [0, 0.05) is 12.6 Å². The molecule has 0 atom stereocenters. The number of benzene rings is 1. The Morgan fingerprint density at radius 2 is 2.05 bits per heavy atom. The van der Waals surface area contributed by atoms with Crippen LogP contribution in [0.5, 0.6) is 5.75 Å². The fourth-order valence-electron chi connectivity index (χ4n) is 1.70. The Kier molecular flexibility index (Phi) is 3.47. The van der Waals surface area contributed by atoms with Crippen molar-refractivity contribution in [1.29, 1.82) is 5.41 Å². The van der Waals surface area contributed by atoms with Crippen LogP contribution >= 0.6 is 0 Å². The molecule has 2 rings (SSSR count). The number of nitrogens with zero attached hydrogens (tertiary/aromatic N) is 2. The summed E-state index contributed by atoms with van der Waals surface area (Å²) in [5.74, 6) is -3.23. The number of nitrogens with two attached hydrogens (primary N) is 1. The van der Waals surface area contributed by atoms with Crippen molar-refractivity contribution in [2.45, 2.75) is 0 Å². The van der Waals surface area contributed by atoms with Gasteiger partial charge in [0.2, 0.25) is 0 Å². The van der Waals surface area contributed by atoms with Crippen LogP contribution in [0, 0.1) is 17.0 Å². The maximum absolute atomic E-state index is 13.3. The number of hydrogen-bond acceptors (Lipinski definition) is 6. The monoisotopic (exact) mass is 279 g/mol. The van der Waals surface area contributed by atoms with Crippen LogP contribution in [-0.4, -0.2) is 27.8 Å². The normalized spacial score (nSPS) is 10.3. The Morgan fingerprint density at radius 1 is 1.35 bits per heavy atom. The third-order valence-corrected chi connectivity index (χ3v) is 2.66. The van der Waals surface area contributed by atoms with E-state index in [2.05, 4.69) is 15.3 Å². The van der Waals surface area contributed by atoms with Crippen LogP contribution in [-0.2, 0) is 0 Å². The summed E-state index contributed by atoms with van der Waals surface area (Å²) in [5.41, 5.74) is 5.54. The molecule has 5 N–H and O–H groups in total. The van der Waals surface area contributed by atoms with Gasteiger partial charge in [0.15, 0.2) is 17.4 Å². The van der Waals surface area contributed by atoms with E-state index in [0.717, 1.165) is 12.1 Å². The van der Waals surface area contributed by atoms with Gasteiger partial charge in [0.25, 0.3) is 0 Å². The molecule has 1 heterocycles. The lowest BCUT2D eigenvalue weighted by molar-refractivity contribution is 0.407. The SMILES string of the molecule is CNc1ncnc(N)c1C(=N)c1cc(O)c(F)c(F)c1. The first-order valence-corrected chi connectivity index (χ1v) is 5.51. The van der Waals surface area contributed by atoms with E-state index in [1.807, 2.05) is 0 Å². The van der Waals surface area contributed by atoms with Gasteiger partial charge >= 0.3 is 0 Å². The smallest absolute Gasteiger partial charge is 0.200 e. The Balaban J connectivity index is 2.58. The second kappa shape index (κ2) is 5.08. The molecule has 0 aliphatic rings. The number of hydrogen-bond donors (Lipinski definition) is 4. The van der Waals surface area contributed by atoms with Crippen LogP contribution in [0.1, 0.15) is 11.1 Å². The second-order valence-electron chi connectivity index (χ2n) is 3.90. The van der Waals surface area contributed by atoms with Gasteiger partial charge in [0.05, 0.1) is 11.3 Å². The van der Waals surface area contributed by atoms with E-state index in [9.17, 15) is 13.9 Å². The highest BCUT2D eigenvalue weighted by molar-refractivity contribution is 6.16. The highest BCUT2D eigenvalue weighted by Crippen LogP contribution is 2.25. The number of nitrogens with one attached hydrogen (secondary N) is 2. The molecule has 6 nitrogen and oxygen atoms in total. The Bertz CT molecular complexity index is 667. The van der Waals surface area contributed by atoms with E-state index >= 15 is 0 Å². The zero-order chi connectivity index (χ0) is 14.9. The number of nitrogen functional groups attached to an aromatic ring is 1. The van der Waals surface area contributed by atoms with E-state index in [-0.39, 0.29) is 28.5 Å². The first-order valence-electron chi connectivity index (χ1n) is 5.51. The third-order valence-electron chi connectivity index (χ3n) is 2.66. The van der Waals surface area contributed by atoms with Gasteiger partial charge in [-0.1, -0.05) is 0 Å². The number of aromatic nitrogens is 2. The molecule has 0 spiro atoms. The quantitative estimate of drug-likeness (QED) is 0.637. The Labute approximate surface area is 112 Å². The molecule has 0 fully saturated rings. The third kappa shape index (κ3) is 2.22. The zero-order valence-corrected chi connectivity index (χ0v) is 10.4. The van der Waals surface area contributed by atoms with Crippen molar-refractivity contribution >= 4 is 17.3 Å². The van der Waals surface area contributed by atoms with Gasteiger partial charge in [-0.3, -0.25) is 5.41 Å². The van der Waals surface area contributed by atoms with E-state index in [0.29, 0.717) is 0 Å². The molecule has 0 bridgehead atoms. The van der Waals surface area contributed by atoms with Crippen LogP contribution in [0.4, 0.5) is 20.4 Å². The highest BCUT2D eigenvalue weighted by Gasteiger charge is 2.18. The number of halogens is 2. The molecule has 104 valence electrons. The summed E-state index contributed by atoms with van der Waals surface area (Å²) in [6.45, 7) is 0. The lowest BCUT2D eigenvalue weighted by Crippen LogP contribution is -2.12. The number of phenols is 1. The summed E-state index contributed by atoms with van der Waals surface area (Å²) in [5, 5.41) is 20.0. The van der Waals surface area contributed by atoms with Crippen molar-refractivity contribution in [2.24, 2.45) is 0 Å². The van der Waals surface area contributed by atoms with E-state index in [4.69, 9.17) is 11.1 Å². The molecule has 0 saturated heterocycles. The molecule has 0 aliphatic carbocycles. The van der Waals surface area contributed by atoms with Crippen molar-refractivity contribution in [3.63, 3.8) is 0 Å².